The molecular weight excluding hydrogens is 269 g/mol. The summed E-state index contributed by atoms with van der Waals surface area (Å²) in [5, 5.41) is 3.33. The first-order valence-corrected chi connectivity index (χ1v) is 7.85. The lowest BCUT2D eigenvalue weighted by Crippen LogP contribution is -2.35. The Morgan fingerprint density at radius 3 is 2.62 bits per heavy atom. The first-order valence-electron chi connectivity index (χ1n) is 7.85. The van der Waals surface area contributed by atoms with Crippen molar-refractivity contribution in [3.05, 3.63) is 34.5 Å². The molecule has 0 unspecified atom stereocenters. The second-order valence-corrected chi connectivity index (χ2v) is 6.32. The van der Waals surface area contributed by atoms with E-state index in [0.717, 1.165) is 43.5 Å². The number of benzene rings is 1. The number of nitrogens with one attached hydrogen (secondary N) is 1. The highest BCUT2D eigenvalue weighted by molar-refractivity contribution is 5.76. The van der Waals surface area contributed by atoms with Gasteiger partial charge in [0.25, 0.3) is 0 Å². The van der Waals surface area contributed by atoms with E-state index in [4.69, 9.17) is 0 Å². The normalized spacial score (nSPS) is 20.2. The molecule has 4 nitrogen and oxygen atoms in total. The minimum Gasteiger partial charge on any atom is -0.317 e. The van der Waals surface area contributed by atoms with Gasteiger partial charge in [0.15, 0.2) is 0 Å². The largest absolute Gasteiger partial charge is 0.329 e. The van der Waals surface area contributed by atoms with Gasteiger partial charge >= 0.3 is 5.69 Å². The van der Waals surface area contributed by atoms with E-state index in [1.165, 1.54) is 25.0 Å². The third-order valence-corrected chi connectivity index (χ3v) is 4.74. The van der Waals surface area contributed by atoms with Gasteiger partial charge in [-0.05, 0) is 62.9 Å². The minimum atomic E-state index is -0.269. The predicted octanol–water partition coefficient (Wildman–Crippen LogP) is 2.28. The average Bonchev–Trinajstić information content (AvgIpc) is 3.27. The number of halogens is 1. The van der Waals surface area contributed by atoms with Crippen LogP contribution in [-0.4, -0.2) is 22.2 Å². The Kier molecular flexibility index (Phi) is 3.10. The van der Waals surface area contributed by atoms with Gasteiger partial charge in [-0.25, -0.2) is 9.18 Å². The molecule has 1 aliphatic carbocycles. The molecule has 1 saturated heterocycles. The molecule has 1 N–H and O–H groups in total. The molecule has 4 rings (SSSR count). The fourth-order valence-electron chi connectivity index (χ4n) is 3.41. The van der Waals surface area contributed by atoms with Gasteiger partial charge in [-0.2, -0.15) is 0 Å². The molecule has 1 aromatic carbocycles. The Labute approximate surface area is 122 Å². The molecule has 112 valence electrons. The van der Waals surface area contributed by atoms with E-state index < -0.39 is 0 Å². The van der Waals surface area contributed by atoms with Gasteiger partial charge in [0, 0.05) is 12.6 Å². The van der Waals surface area contributed by atoms with Crippen LogP contribution < -0.4 is 11.0 Å². The van der Waals surface area contributed by atoms with E-state index in [0.29, 0.717) is 5.92 Å². The van der Waals surface area contributed by atoms with Crippen LogP contribution in [0.15, 0.2) is 23.0 Å². The van der Waals surface area contributed by atoms with E-state index >= 15 is 0 Å². The number of nitrogens with zero attached hydrogens (tertiary/aromatic N) is 2. The number of fused-ring (bicyclic) bond motifs is 1. The van der Waals surface area contributed by atoms with E-state index in [-0.39, 0.29) is 17.5 Å². The second-order valence-electron chi connectivity index (χ2n) is 6.32. The van der Waals surface area contributed by atoms with Gasteiger partial charge in [0.2, 0.25) is 0 Å². The SMILES string of the molecule is O=c1n(CC2CC2)c2cc(F)ccc2n1C1CCNCC1. The molecule has 0 spiro atoms. The van der Waals surface area contributed by atoms with Crippen LogP contribution in [-0.2, 0) is 6.54 Å². The molecule has 1 aromatic heterocycles. The Morgan fingerprint density at radius 1 is 1.14 bits per heavy atom. The van der Waals surface area contributed by atoms with Crippen molar-refractivity contribution >= 4 is 11.0 Å². The highest BCUT2D eigenvalue weighted by atomic mass is 19.1. The van der Waals surface area contributed by atoms with Gasteiger partial charge in [0.05, 0.1) is 11.0 Å². The molecule has 2 aromatic rings. The van der Waals surface area contributed by atoms with Crippen LogP contribution in [0.4, 0.5) is 4.39 Å². The van der Waals surface area contributed by atoms with Crippen molar-refractivity contribution < 1.29 is 4.39 Å². The summed E-state index contributed by atoms with van der Waals surface area (Å²) in [6.07, 6.45) is 4.28. The van der Waals surface area contributed by atoms with Gasteiger partial charge < -0.3 is 5.32 Å². The quantitative estimate of drug-likeness (QED) is 0.941. The molecule has 21 heavy (non-hydrogen) atoms. The summed E-state index contributed by atoms with van der Waals surface area (Å²) in [5.74, 6) is 0.326. The van der Waals surface area contributed by atoms with Crippen LogP contribution in [0.2, 0.25) is 0 Å². The molecule has 0 atom stereocenters. The van der Waals surface area contributed by atoms with Gasteiger partial charge in [0.1, 0.15) is 5.82 Å². The molecular formula is C16H20FN3O. The smallest absolute Gasteiger partial charge is 0.317 e. The van der Waals surface area contributed by atoms with E-state index in [1.54, 1.807) is 10.6 Å². The highest BCUT2D eigenvalue weighted by Gasteiger charge is 2.27. The molecule has 2 aliphatic rings. The summed E-state index contributed by atoms with van der Waals surface area (Å²) >= 11 is 0. The zero-order valence-corrected chi connectivity index (χ0v) is 12.0. The third-order valence-electron chi connectivity index (χ3n) is 4.74. The summed E-state index contributed by atoms with van der Waals surface area (Å²) < 4.78 is 17.3. The maximum Gasteiger partial charge on any atom is 0.329 e. The van der Waals surface area contributed by atoms with Gasteiger partial charge in [-0.15, -0.1) is 0 Å². The maximum absolute atomic E-state index is 13.6. The highest BCUT2D eigenvalue weighted by Crippen LogP contribution is 2.32. The Bertz CT molecular complexity index is 723. The summed E-state index contributed by atoms with van der Waals surface area (Å²) in [6, 6.07) is 4.96. The van der Waals surface area contributed by atoms with Crippen molar-refractivity contribution in [1.29, 1.82) is 0 Å². The summed E-state index contributed by atoms with van der Waals surface area (Å²) in [7, 11) is 0. The number of piperidine rings is 1. The van der Waals surface area contributed by atoms with Crippen molar-refractivity contribution in [2.24, 2.45) is 5.92 Å². The molecule has 0 amide bonds. The lowest BCUT2D eigenvalue weighted by Gasteiger charge is -2.23. The lowest BCUT2D eigenvalue weighted by molar-refractivity contribution is 0.363. The number of imidazole rings is 1. The summed E-state index contributed by atoms with van der Waals surface area (Å²) in [4.78, 5) is 12.8. The zero-order chi connectivity index (χ0) is 14.4. The van der Waals surface area contributed by atoms with Crippen molar-refractivity contribution in [2.75, 3.05) is 13.1 Å². The van der Waals surface area contributed by atoms with Gasteiger partial charge in [-0.3, -0.25) is 9.13 Å². The van der Waals surface area contributed by atoms with Crippen LogP contribution in [0.1, 0.15) is 31.7 Å². The Morgan fingerprint density at radius 2 is 1.90 bits per heavy atom. The first-order chi connectivity index (χ1) is 10.2. The van der Waals surface area contributed by atoms with Crippen LogP contribution in [0, 0.1) is 11.7 Å². The number of rotatable bonds is 3. The van der Waals surface area contributed by atoms with Crippen molar-refractivity contribution in [3.8, 4) is 0 Å². The molecule has 2 heterocycles. The standard InChI is InChI=1S/C16H20FN3O/c17-12-3-4-14-15(9-12)19(10-11-1-2-11)16(21)20(14)13-5-7-18-8-6-13/h3-4,9,11,13,18H,1-2,5-8,10H2. The van der Waals surface area contributed by atoms with E-state index in [9.17, 15) is 9.18 Å². The van der Waals surface area contributed by atoms with E-state index in [1.807, 2.05) is 4.57 Å². The monoisotopic (exact) mass is 289 g/mol. The fraction of sp³-hybridized carbons (Fsp3) is 0.562. The topological polar surface area (TPSA) is 39.0 Å². The van der Waals surface area contributed by atoms with Crippen molar-refractivity contribution in [2.45, 2.75) is 38.3 Å². The van der Waals surface area contributed by atoms with Crippen LogP contribution in [0.5, 0.6) is 0 Å². The van der Waals surface area contributed by atoms with Crippen LogP contribution in [0.3, 0.4) is 0 Å². The molecule has 2 fully saturated rings. The second kappa shape index (κ2) is 4.98. The lowest BCUT2D eigenvalue weighted by atomic mass is 10.1. The summed E-state index contributed by atoms with van der Waals surface area (Å²) in [6.45, 7) is 2.61. The Hall–Kier alpha value is -1.62. The summed E-state index contributed by atoms with van der Waals surface area (Å²) in [5.41, 5.74) is 1.67. The van der Waals surface area contributed by atoms with Crippen molar-refractivity contribution in [1.82, 2.24) is 14.5 Å². The maximum atomic E-state index is 13.6. The predicted molar refractivity (Wildman–Crippen MR) is 80.0 cm³/mol. The van der Waals surface area contributed by atoms with Gasteiger partial charge in [-0.1, -0.05) is 0 Å². The number of aromatic nitrogens is 2. The average molecular weight is 289 g/mol. The number of hydrogen-bond acceptors (Lipinski definition) is 2. The molecule has 1 saturated carbocycles. The minimum absolute atomic E-state index is 0.0365. The number of hydrogen-bond donors (Lipinski definition) is 1. The van der Waals surface area contributed by atoms with E-state index in [2.05, 4.69) is 5.32 Å². The Balaban J connectivity index is 1.88. The molecule has 0 radical (unpaired) electrons. The van der Waals surface area contributed by atoms with Crippen LogP contribution in [0.25, 0.3) is 11.0 Å². The molecule has 5 heteroatoms. The first kappa shape index (κ1) is 13.1. The molecule has 1 aliphatic heterocycles. The fourth-order valence-corrected chi connectivity index (χ4v) is 3.41. The van der Waals surface area contributed by atoms with Crippen molar-refractivity contribution in [3.63, 3.8) is 0 Å². The molecule has 0 bridgehead atoms. The zero-order valence-electron chi connectivity index (χ0n) is 12.0. The third kappa shape index (κ3) is 2.29. The van der Waals surface area contributed by atoms with Crippen LogP contribution >= 0.6 is 0 Å².